The number of thiophene rings is 1. The van der Waals surface area contributed by atoms with E-state index in [4.69, 9.17) is 16.3 Å². The predicted octanol–water partition coefficient (Wildman–Crippen LogP) is 4.29. The Morgan fingerprint density at radius 2 is 2.14 bits per heavy atom. The first-order valence-electron chi connectivity index (χ1n) is 7.31. The maximum atomic E-state index is 12.0. The molecule has 0 unspecified atom stereocenters. The highest BCUT2D eigenvalue weighted by Gasteiger charge is 2.21. The molecule has 0 aliphatic carbocycles. The molecule has 7 heteroatoms. The molecule has 0 bridgehead atoms. The van der Waals surface area contributed by atoms with Crippen molar-refractivity contribution in [2.24, 2.45) is 5.92 Å². The van der Waals surface area contributed by atoms with E-state index in [1.54, 1.807) is 6.92 Å². The van der Waals surface area contributed by atoms with Gasteiger partial charge in [0.1, 0.15) is 15.5 Å². The Kier molecular flexibility index (Phi) is 5.58. The Hall–Kier alpha value is -1.40. The van der Waals surface area contributed by atoms with Crippen LogP contribution in [0.2, 0.25) is 5.28 Å². The largest absolute Gasteiger partial charge is 0.462 e. The number of aryl methyl sites for hydroxylation is 1. The molecule has 22 heavy (non-hydrogen) atoms. The third kappa shape index (κ3) is 3.67. The third-order valence-corrected chi connectivity index (χ3v) is 4.57. The number of hydrogen-bond acceptors (Lipinski definition) is 6. The van der Waals surface area contributed by atoms with Crippen LogP contribution >= 0.6 is 22.9 Å². The first-order chi connectivity index (χ1) is 10.4. The Balaban J connectivity index is 2.41. The molecule has 2 aromatic heterocycles. The Morgan fingerprint density at radius 3 is 2.77 bits per heavy atom. The van der Waals surface area contributed by atoms with E-state index >= 15 is 0 Å². The standard InChI is InChI=1S/C15H20ClN3O2S/c1-5-21-14(20)11-9(4)10-12(17-7-6-8(2)3)18-15(16)19-13(10)22-11/h8H,5-7H2,1-4H3,(H,17,18,19). The molecule has 5 nitrogen and oxygen atoms in total. The fourth-order valence-electron chi connectivity index (χ4n) is 2.11. The third-order valence-electron chi connectivity index (χ3n) is 3.24. The number of hydrogen-bond donors (Lipinski definition) is 1. The maximum Gasteiger partial charge on any atom is 0.348 e. The van der Waals surface area contributed by atoms with Crippen molar-refractivity contribution in [3.8, 4) is 0 Å². The second kappa shape index (κ2) is 7.24. The number of halogens is 1. The number of carbonyl (C=O) groups is 1. The van der Waals surface area contributed by atoms with E-state index in [-0.39, 0.29) is 11.3 Å². The Bertz CT molecular complexity index is 685. The van der Waals surface area contributed by atoms with Crippen molar-refractivity contribution in [2.45, 2.75) is 34.1 Å². The van der Waals surface area contributed by atoms with Crippen LogP contribution in [0.3, 0.4) is 0 Å². The van der Waals surface area contributed by atoms with Gasteiger partial charge in [0, 0.05) is 6.54 Å². The van der Waals surface area contributed by atoms with Gasteiger partial charge >= 0.3 is 5.97 Å². The molecule has 0 aliphatic rings. The van der Waals surface area contributed by atoms with Gasteiger partial charge in [0.05, 0.1) is 12.0 Å². The zero-order chi connectivity index (χ0) is 16.3. The van der Waals surface area contributed by atoms with E-state index in [2.05, 4.69) is 29.1 Å². The lowest BCUT2D eigenvalue weighted by Gasteiger charge is -2.09. The normalized spacial score (nSPS) is 11.2. The number of esters is 1. The molecule has 0 radical (unpaired) electrons. The van der Waals surface area contributed by atoms with Crippen LogP contribution in [0, 0.1) is 12.8 Å². The van der Waals surface area contributed by atoms with E-state index in [0.29, 0.717) is 28.1 Å². The van der Waals surface area contributed by atoms with E-state index < -0.39 is 0 Å². The van der Waals surface area contributed by atoms with Crippen molar-refractivity contribution >= 4 is 44.9 Å². The summed E-state index contributed by atoms with van der Waals surface area (Å²) in [6, 6.07) is 0. The topological polar surface area (TPSA) is 64.1 Å². The number of nitrogens with zero attached hydrogens (tertiary/aromatic N) is 2. The second-order valence-corrected chi connectivity index (χ2v) is 6.74. The van der Waals surface area contributed by atoms with E-state index in [1.165, 1.54) is 11.3 Å². The molecule has 0 aromatic carbocycles. The van der Waals surface area contributed by atoms with Gasteiger partial charge < -0.3 is 10.1 Å². The highest BCUT2D eigenvalue weighted by atomic mass is 35.5. The summed E-state index contributed by atoms with van der Waals surface area (Å²) in [7, 11) is 0. The molecule has 120 valence electrons. The minimum atomic E-state index is -0.327. The molecule has 2 rings (SSSR count). The molecule has 2 heterocycles. The minimum Gasteiger partial charge on any atom is -0.462 e. The predicted molar refractivity (Wildman–Crippen MR) is 91.1 cm³/mol. The molecule has 0 atom stereocenters. The summed E-state index contributed by atoms with van der Waals surface area (Å²) in [6.45, 7) is 9.15. The average molecular weight is 342 g/mol. The van der Waals surface area contributed by atoms with Crippen LogP contribution in [0.1, 0.15) is 42.4 Å². The summed E-state index contributed by atoms with van der Waals surface area (Å²) in [5.74, 6) is 0.950. The van der Waals surface area contributed by atoms with E-state index in [1.807, 2.05) is 6.92 Å². The highest BCUT2D eigenvalue weighted by Crippen LogP contribution is 2.35. The number of aromatic nitrogens is 2. The molecular weight excluding hydrogens is 322 g/mol. The molecule has 0 amide bonds. The van der Waals surface area contributed by atoms with Crippen LogP contribution in [-0.2, 0) is 4.74 Å². The molecule has 0 aliphatic heterocycles. The van der Waals surface area contributed by atoms with Gasteiger partial charge in [-0.05, 0) is 43.4 Å². The summed E-state index contributed by atoms with van der Waals surface area (Å²) in [5.41, 5.74) is 0.835. The molecule has 0 spiro atoms. The lowest BCUT2D eigenvalue weighted by atomic mass is 10.1. The number of anilines is 1. The quantitative estimate of drug-likeness (QED) is 0.627. The first-order valence-corrected chi connectivity index (χ1v) is 8.51. The summed E-state index contributed by atoms with van der Waals surface area (Å²) in [5, 5.41) is 4.33. The molecular formula is C15H20ClN3O2S. The van der Waals surface area contributed by atoms with Crippen molar-refractivity contribution < 1.29 is 9.53 Å². The van der Waals surface area contributed by atoms with Crippen molar-refractivity contribution in [2.75, 3.05) is 18.5 Å². The number of ether oxygens (including phenoxy) is 1. The average Bonchev–Trinajstić information content (AvgIpc) is 2.75. The molecule has 0 fully saturated rings. The van der Waals surface area contributed by atoms with Crippen LogP contribution in [0.25, 0.3) is 10.2 Å². The Labute approximate surface area is 139 Å². The summed E-state index contributed by atoms with van der Waals surface area (Å²) >= 11 is 7.29. The van der Waals surface area contributed by atoms with Gasteiger partial charge in [-0.2, -0.15) is 0 Å². The fourth-order valence-corrected chi connectivity index (χ4v) is 3.41. The van der Waals surface area contributed by atoms with Crippen LogP contribution < -0.4 is 5.32 Å². The van der Waals surface area contributed by atoms with Gasteiger partial charge in [-0.3, -0.25) is 0 Å². The van der Waals surface area contributed by atoms with Gasteiger partial charge in [0.25, 0.3) is 0 Å². The van der Waals surface area contributed by atoms with Crippen LogP contribution in [0.15, 0.2) is 0 Å². The van der Waals surface area contributed by atoms with Crippen LogP contribution in [0.4, 0.5) is 5.82 Å². The zero-order valence-electron chi connectivity index (χ0n) is 13.2. The number of nitrogens with one attached hydrogen (secondary N) is 1. The van der Waals surface area contributed by atoms with Crippen LogP contribution in [-0.4, -0.2) is 29.1 Å². The summed E-state index contributed by atoms with van der Waals surface area (Å²) in [6.07, 6.45) is 1.02. The van der Waals surface area contributed by atoms with Crippen molar-refractivity contribution in [1.29, 1.82) is 0 Å². The minimum absolute atomic E-state index is 0.177. The number of fused-ring (bicyclic) bond motifs is 1. The maximum absolute atomic E-state index is 12.0. The van der Waals surface area contributed by atoms with E-state index in [0.717, 1.165) is 23.9 Å². The molecule has 1 N–H and O–H groups in total. The van der Waals surface area contributed by atoms with Gasteiger partial charge in [-0.15, -0.1) is 11.3 Å². The zero-order valence-corrected chi connectivity index (χ0v) is 14.8. The van der Waals surface area contributed by atoms with Crippen LogP contribution in [0.5, 0.6) is 0 Å². The SMILES string of the molecule is CCOC(=O)c1sc2nc(Cl)nc(NCCC(C)C)c2c1C. The van der Waals surface area contributed by atoms with E-state index in [9.17, 15) is 4.79 Å². The van der Waals surface area contributed by atoms with Gasteiger partial charge in [-0.25, -0.2) is 14.8 Å². The molecule has 0 saturated carbocycles. The summed E-state index contributed by atoms with van der Waals surface area (Å²) in [4.78, 5) is 21.8. The lowest BCUT2D eigenvalue weighted by molar-refractivity contribution is 0.0531. The van der Waals surface area contributed by atoms with Crippen molar-refractivity contribution in [1.82, 2.24) is 9.97 Å². The molecule has 0 saturated heterocycles. The number of carbonyl (C=O) groups excluding carboxylic acids is 1. The lowest BCUT2D eigenvalue weighted by Crippen LogP contribution is -2.07. The monoisotopic (exact) mass is 341 g/mol. The van der Waals surface area contributed by atoms with Gasteiger partial charge in [0.2, 0.25) is 5.28 Å². The smallest absolute Gasteiger partial charge is 0.348 e. The van der Waals surface area contributed by atoms with Gasteiger partial charge in [0.15, 0.2) is 0 Å². The van der Waals surface area contributed by atoms with Crippen molar-refractivity contribution in [3.05, 3.63) is 15.7 Å². The first kappa shape index (κ1) is 17.0. The Morgan fingerprint density at radius 1 is 1.41 bits per heavy atom. The molecule has 2 aromatic rings. The van der Waals surface area contributed by atoms with Gasteiger partial charge in [-0.1, -0.05) is 13.8 Å². The fraction of sp³-hybridized carbons (Fsp3) is 0.533. The highest BCUT2D eigenvalue weighted by molar-refractivity contribution is 7.20. The summed E-state index contributed by atoms with van der Waals surface area (Å²) < 4.78 is 5.09. The number of rotatable bonds is 6. The second-order valence-electron chi connectivity index (χ2n) is 5.41. The van der Waals surface area contributed by atoms with Crippen molar-refractivity contribution in [3.63, 3.8) is 0 Å².